The van der Waals surface area contributed by atoms with Gasteiger partial charge in [-0.1, -0.05) is 51.4 Å². The van der Waals surface area contributed by atoms with Crippen LogP contribution in [0.4, 0.5) is 0 Å². The average molecular weight is 397 g/mol. The fourth-order valence-corrected chi connectivity index (χ4v) is 5.96. The molecular weight excluding hydrogens is 360 g/mol. The zero-order valence-electron chi connectivity index (χ0n) is 16.9. The van der Waals surface area contributed by atoms with E-state index in [1.54, 1.807) is 11.8 Å². The molecule has 0 radical (unpaired) electrons. The van der Waals surface area contributed by atoms with Gasteiger partial charge in [0.15, 0.2) is 0 Å². The number of nitrogens with one attached hydrogen (secondary N) is 2. The van der Waals surface area contributed by atoms with Gasteiger partial charge in [0.2, 0.25) is 0 Å². The maximum atomic E-state index is 12.1. The molecule has 0 aromatic heterocycles. The molecule has 6 nitrogen and oxygen atoms in total. The number of fused-ring (bicyclic) bond motifs is 1. The molecule has 1 aliphatic carbocycles. The number of aliphatic imine (C=N–C) groups is 1. The number of methoxy groups -OCH3 is 1. The van der Waals surface area contributed by atoms with Crippen molar-refractivity contribution in [1.29, 1.82) is 0 Å². The first-order chi connectivity index (χ1) is 13.2. The van der Waals surface area contributed by atoms with Gasteiger partial charge in [-0.05, 0) is 19.8 Å². The van der Waals surface area contributed by atoms with E-state index in [0.717, 1.165) is 6.67 Å². The van der Waals surface area contributed by atoms with E-state index in [2.05, 4.69) is 20.5 Å². The lowest BCUT2D eigenvalue weighted by Gasteiger charge is -2.46. The van der Waals surface area contributed by atoms with Gasteiger partial charge in [-0.3, -0.25) is 20.0 Å². The molecule has 1 saturated carbocycles. The lowest BCUT2D eigenvalue weighted by atomic mass is 9.99. The van der Waals surface area contributed by atoms with Crippen LogP contribution >= 0.6 is 11.8 Å². The van der Waals surface area contributed by atoms with Crippen LogP contribution in [0, 0.1) is 0 Å². The minimum Gasteiger partial charge on any atom is -0.468 e. The zero-order valence-corrected chi connectivity index (χ0v) is 17.7. The van der Waals surface area contributed by atoms with E-state index in [0.29, 0.717) is 6.04 Å². The van der Waals surface area contributed by atoms with E-state index in [9.17, 15) is 4.79 Å². The molecule has 27 heavy (non-hydrogen) atoms. The Morgan fingerprint density at radius 2 is 1.78 bits per heavy atom. The van der Waals surface area contributed by atoms with Crippen molar-refractivity contribution in [1.82, 2.24) is 15.5 Å². The average Bonchev–Trinajstić information content (AvgIpc) is 3.14. The first-order valence-corrected chi connectivity index (χ1v) is 11.6. The summed E-state index contributed by atoms with van der Waals surface area (Å²) in [7, 11) is 1.48. The van der Waals surface area contributed by atoms with Crippen LogP contribution in [0.5, 0.6) is 0 Å². The van der Waals surface area contributed by atoms with Crippen LogP contribution in [-0.2, 0) is 9.53 Å². The molecular formula is C20H36N4O2S. The SMILES string of the molecule is COC(=O)[C@@H](C)SC1C2NC=NC2NCN1C1CCCCCCCCCC1. The van der Waals surface area contributed by atoms with E-state index >= 15 is 0 Å². The molecule has 0 spiro atoms. The van der Waals surface area contributed by atoms with Gasteiger partial charge in [-0.25, -0.2) is 0 Å². The fourth-order valence-electron chi connectivity index (χ4n) is 4.53. The third-order valence-electron chi connectivity index (χ3n) is 6.13. The van der Waals surface area contributed by atoms with Crippen LogP contribution in [0.15, 0.2) is 4.99 Å². The summed E-state index contributed by atoms with van der Waals surface area (Å²) >= 11 is 1.73. The van der Waals surface area contributed by atoms with Gasteiger partial charge in [0.25, 0.3) is 0 Å². The van der Waals surface area contributed by atoms with Crippen LogP contribution in [0.25, 0.3) is 0 Å². The summed E-state index contributed by atoms with van der Waals surface area (Å²) in [4.78, 5) is 19.2. The molecule has 0 aromatic rings. The highest BCUT2D eigenvalue weighted by Crippen LogP contribution is 2.34. The summed E-state index contributed by atoms with van der Waals surface area (Å²) in [6.45, 7) is 2.80. The molecule has 1 saturated heterocycles. The van der Waals surface area contributed by atoms with Crippen LogP contribution in [0.3, 0.4) is 0 Å². The number of rotatable bonds is 4. The first-order valence-electron chi connectivity index (χ1n) is 10.7. The van der Waals surface area contributed by atoms with Crippen molar-refractivity contribution in [3.8, 4) is 0 Å². The standard InChI is InChI=1S/C20H36N4O2S/c1-15(20(25)26-2)27-19-17-18(22-13-21-17)23-14-24(19)16-11-9-7-5-3-4-6-8-10-12-16/h13,15-19,23H,3-12,14H2,1-2H3,(H,21,22)/t15-,17?,18?,19?/m1/s1. The molecule has 4 atom stereocenters. The van der Waals surface area contributed by atoms with Gasteiger partial charge in [0.1, 0.15) is 11.4 Å². The van der Waals surface area contributed by atoms with E-state index in [-0.39, 0.29) is 28.8 Å². The van der Waals surface area contributed by atoms with Crippen molar-refractivity contribution in [2.24, 2.45) is 4.99 Å². The number of carbonyl (C=O) groups excluding carboxylic acids is 1. The highest BCUT2D eigenvalue weighted by molar-refractivity contribution is 8.01. The first kappa shape index (κ1) is 20.9. The number of hydrogen-bond donors (Lipinski definition) is 2. The normalized spacial score (nSPS) is 32.1. The lowest BCUT2D eigenvalue weighted by molar-refractivity contribution is -0.139. The highest BCUT2D eigenvalue weighted by Gasteiger charge is 2.43. The summed E-state index contributed by atoms with van der Waals surface area (Å²) in [6, 6.07) is 0.773. The molecule has 0 aromatic carbocycles. The Morgan fingerprint density at radius 1 is 1.15 bits per heavy atom. The van der Waals surface area contributed by atoms with E-state index in [1.807, 2.05) is 13.3 Å². The maximum Gasteiger partial charge on any atom is 0.318 e. The number of thioether (sulfide) groups is 1. The number of carbonyl (C=O) groups is 1. The Bertz CT molecular complexity index is 492. The van der Waals surface area contributed by atoms with Gasteiger partial charge in [-0.15, -0.1) is 11.8 Å². The molecule has 2 fully saturated rings. The van der Waals surface area contributed by atoms with Crippen molar-refractivity contribution in [2.45, 2.75) is 100 Å². The molecule has 154 valence electrons. The Balaban J connectivity index is 1.71. The Morgan fingerprint density at radius 3 is 2.41 bits per heavy atom. The van der Waals surface area contributed by atoms with E-state index < -0.39 is 0 Å². The Kier molecular flexibility index (Phi) is 8.27. The Labute approximate surface area is 168 Å². The predicted octanol–water partition coefficient (Wildman–Crippen LogP) is 3.08. The minimum absolute atomic E-state index is 0.103. The van der Waals surface area contributed by atoms with Crippen molar-refractivity contribution in [2.75, 3.05) is 13.8 Å². The summed E-state index contributed by atoms with van der Waals surface area (Å²) in [6.07, 6.45) is 15.3. The van der Waals surface area contributed by atoms with Crippen LogP contribution in [0.2, 0.25) is 0 Å². The van der Waals surface area contributed by atoms with Gasteiger partial charge >= 0.3 is 5.97 Å². The number of ether oxygens (including phenoxy) is 1. The van der Waals surface area contributed by atoms with Gasteiger partial charge < -0.3 is 10.1 Å². The second kappa shape index (κ2) is 10.7. The monoisotopic (exact) mass is 396 g/mol. The van der Waals surface area contributed by atoms with E-state index in [4.69, 9.17) is 4.74 Å². The van der Waals surface area contributed by atoms with Crippen molar-refractivity contribution in [3.63, 3.8) is 0 Å². The number of esters is 1. The molecule has 2 aliphatic heterocycles. The number of hydrogen-bond acceptors (Lipinski definition) is 7. The molecule has 0 amide bonds. The highest BCUT2D eigenvalue weighted by atomic mass is 32.2. The summed E-state index contributed by atoms with van der Waals surface area (Å²) in [5.41, 5.74) is 0. The summed E-state index contributed by atoms with van der Waals surface area (Å²) < 4.78 is 4.98. The minimum atomic E-state index is -0.175. The van der Waals surface area contributed by atoms with Crippen LogP contribution < -0.4 is 10.6 Å². The molecule has 0 bridgehead atoms. The lowest BCUT2D eigenvalue weighted by Crippen LogP contribution is -2.65. The topological polar surface area (TPSA) is 66.0 Å². The van der Waals surface area contributed by atoms with Gasteiger partial charge in [-0.2, -0.15) is 0 Å². The zero-order chi connectivity index (χ0) is 19.1. The molecule has 2 heterocycles. The van der Waals surface area contributed by atoms with Crippen LogP contribution in [0.1, 0.15) is 71.1 Å². The molecule has 3 aliphatic rings. The molecule has 7 heteroatoms. The number of nitrogens with zero attached hydrogens (tertiary/aromatic N) is 2. The van der Waals surface area contributed by atoms with Crippen molar-refractivity contribution < 1.29 is 9.53 Å². The third-order valence-corrected chi connectivity index (χ3v) is 7.57. The van der Waals surface area contributed by atoms with Crippen molar-refractivity contribution in [3.05, 3.63) is 0 Å². The van der Waals surface area contributed by atoms with Gasteiger partial charge in [0.05, 0.1) is 31.5 Å². The molecule has 3 unspecified atom stereocenters. The van der Waals surface area contributed by atoms with Crippen LogP contribution in [-0.4, -0.2) is 59.9 Å². The molecule has 2 N–H and O–H groups in total. The summed E-state index contributed by atoms with van der Waals surface area (Å²) in [5, 5.41) is 7.07. The second-order valence-electron chi connectivity index (χ2n) is 8.04. The second-order valence-corrected chi connectivity index (χ2v) is 9.51. The smallest absolute Gasteiger partial charge is 0.318 e. The van der Waals surface area contributed by atoms with Crippen molar-refractivity contribution >= 4 is 24.1 Å². The molecule has 3 rings (SSSR count). The maximum absolute atomic E-state index is 12.1. The Hall–Kier alpha value is -0.790. The quantitative estimate of drug-likeness (QED) is 0.712. The summed E-state index contributed by atoms with van der Waals surface area (Å²) in [5.74, 6) is -0.142. The largest absolute Gasteiger partial charge is 0.468 e. The predicted molar refractivity (Wildman–Crippen MR) is 112 cm³/mol. The third kappa shape index (κ3) is 5.61. The van der Waals surface area contributed by atoms with Gasteiger partial charge in [0, 0.05) is 6.04 Å². The fraction of sp³-hybridized carbons (Fsp3) is 0.900. The van der Waals surface area contributed by atoms with E-state index in [1.165, 1.54) is 71.3 Å².